The van der Waals surface area contributed by atoms with Crippen LogP contribution in [0.1, 0.15) is 12.8 Å². The van der Waals surface area contributed by atoms with E-state index in [1.165, 1.54) is 0 Å². The Morgan fingerprint density at radius 3 is 2.90 bits per heavy atom. The lowest BCUT2D eigenvalue weighted by Crippen LogP contribution is -2.25. The molecule has 1 amide bonds. The summed E-state index contributed by atoms with van der Waals surface area (Å²) in [7, 11) is 0. The van der Waals surface area contributed by atoms with Crippen LogP contribution in [0.4, 0.5) is 0 Å². The van der Waals surface area contributed by atoms with Gasteiger partial charge in [0.05, 0.1) is 6.42 Å². The molecule has 3 heteroatoms. The summed E-state index contributed by atoms with van der Waals surface area (Å²) in [5.41, 5.74) is 5.20. The van der Waals surface area contributed by atoms with Crippen molar-refractivity contribution in [2.45, 2.75) is 12.8 Å². The highest BCUT2D eigenvalue weighted by atomic mass is 16.1. The summed E-state index contributed by atoms with van der Waals surface area (Å²) >= 11 is 0. The minimum absolute atomic E-state index is 0.101. The molecule has 0 radical (unpaired) electrons. The van der Waals surface area contributed by atoms with Gasteiger partial charge in [-0.3, -0.25) is 4.79 Å². The molecule has 0 aromatic heterocycles. The first-order valence-electron chi connectivity index (χ1n) is 3.21. The van der Waals surface area contributed by atoms with Crippen LogP contribution in [0.3, 0.4) is 0 Å². The number of nitrogens with one attached hydrogen (secondary N) is 1. The van der Waals surface area contributed by atoms with Crippen molar-refractivity contribution >= 4 is 5.91 Å². The Balaban J connectivity index is 3.15. The summed E-state index contributed by atoms with van der Waals surface area (Å²) in [5, 5.41) is 2.62. The lowest BCUT2D eigenvalue weighted by atomic mass is 10.4. The maximum atomic E-state index is 10.6. The van der Waals surface area contributed by atoms with Crippen molar-refractivity contribution in [3.63, 3.8) is 0 Å². The highest BCUT2D eigenvalue weighted by molar-refractivity contribution is 5.78. The molecule has 0 aromatic carbocycles. The fourth-order valence-electron chi connectivity index (χ4n) is 0.485. The summed E-state index contributed by atoms with van der Waals surface area (Å²) in [4.78, 5) is 10.6. The molecule has 0 saturated carbocycles. The number of hydrogen-bond donors (Lipinski definition) is 2. The van der Waals surface area contributed by atoms with Crippen molar-refractivity contribution < 1.29 is 4.79 Å². The molecule has 0 aromatic rings. The summed E-state index contributed by atoms with van der Waals surface area (Å²) in [6.07, 6.45) is 5.86. The van der Waals surface area contributed by atoms with Crippen LogP contribution in [0.2, 0.25) is 0 Å². The van der Waals surface area contributed by atoms with E-state index in [9.17, 15) is 4.79 Å². The SMILES string of the molecule is C#CCC(=O)NCCCN. The number of amides is 1. The van der Waals surface area contributed by atoms with Gasteiger partial charge in [-0.25, -0.2) is 0 Å². The summed E-state index contributed by atoms with van der Waals surface area (Å²) < 4.78 is 0. The highest BCUT2D eigenvalue weighted by Crippen LogP contribution is 1.75. The lowest BCUT2D eigenvalue weighted by molar-refractivity contribution is -0.120. The van der Waals surface area contributed by atoms with Crippen LogP contribution in [-0.4, -0.2) is 19.0 Å². The van der Waals surface area contributed by atoms with E-state index in [-0.39, 0.29) is 12.3 Å². The number of hydrogen-bond acceptors (Lipinski definition) is 2. The second-order valence-corrected chi connectivity index (χ2v) is 1.87. The summed E-state index contributed by atoms with van der Waals surface area (Å²) in [5.74, 6) is 2.15. The number of nitrogens with two attached hydrogens (primary N) is 1. The third-order valence-corrected chi connectivity index (χ3v) is 0.966. The Bertz CT molecular complexity index is 137. The van der Waals surface area contributed by atoms with Crippen LogP contribution in [0, 0.1) is 12.3 Å². The Labute approximate surface area is 61.0 Å². The van der Waals surface area contributed by atoms with Crippen molar-refractivity contribution in [1.29, 1.82) is 0 Å². The minimum atomic E-state index is -0.101. The third-order valence-electron chi connectivity index (χ3n) is 0.966. The van der Waals surface area contributed by atoms with Crippen LogP contribution in [-0.2, 0) is 4.79 Å². The Hall–Kier alpha value is -1.01. The summed E-state index contributed by atoms with van der Waals surface area (Å²) in [6.45, 7) is 1.22. The van der Waals surface area contributed by atoms with Crippen LogP contribution < -0.4 is 11.1 Å². The van der Waals surface area contributed by atoms with Gasteiger partial charge in [0, 0.05) is 6.54 Å². The van der Waals surface area contributed by atoms with Gasteiger partial charge < -0.3 is 11.1 Å². The van der Waals surface area contributed by atoms with Gasteiger partial charge in [-0.05, 0) is 13.0 Å². The Kier molecular flexibility index (Phi) is 5.50. The zero-order valence-electron chi connectivity index (χ0n) is 5.89. The molecule has 0 bridgehead atoms. The first-order chi connectivity index (χ1) is 4.81. The quantitative estimate of drug-likeness (QED) is 0.407. The lowest BCUT2D eigenvalue weighted by Gasteiger charge is -1.99. The average molecular weight is 140 g/mol. The van der Waals surface area contributed by atoms with E-state index in [4.69, 9.17) is 12.2 Å². The molecule has 0 spiro atoms. The van der Waals surface area contributed by atoms with Gasteiger partial charge in [-0.1, -0.05) is 5.92 Å². The molecule has 0 aliphatic rings. The normalized spacial score (nSPS) is 8.40. The van der Waals surface area contributed by atoms with Crippen LogP contribution >= 0.6 is 0 Å². The molecule has 0 aliphatic carbocycles. The molecule has 3 nitrogen and oxygen atoms in total. The van der Waals surface area contributed by atoms with Crippen molar-refractivity contribution in [2.75, 3.05) is 13.1 Å². The maximum Gasteiger partial charge on any atom is 0.232 e. The molecule has 0 unspecified atom stereocenters. The van der Waals surface area contributed by atoms with Gasteiger partial charge >= 0.3 is 0 Å². The van der Waals surface area contributed by atoms with E-state index in [1.54, 1.807) is 0 Å². The van der Waals surface area contributed by atoms with Gasteiger partial charge in [-0.2, -0.15) is 0 Å². The maximum absolute atomic E-state index is 10.6. The predicted octanol–water partition coefficient (Wildman–Crippen LogP) is -0.525. The van der Waals surface area contributed by atoms with Crippen molar-refractivity contribution in [2.24, 2.45) is 5.73 Å². The molecule has 0 atom stereocenters. The largest absolute Gasteiger partial charge is 0.355 e. The van der Waals surface area contributed by atoms with Crippen LogP contribution in [0.5, 0.6) is 0 Å². The number of carbonyl (C=O) groups is 1. The number of terminal acetylenes is 1. The van der Waals surface area contributed by atoms with E-state index >= 15 is 0 Å². The molecular weight excluding hydrogens is 128 g/mol. The van der Waals surface area contributed by atoms with Crippen LogP contribution in [0.25, 0.3) is 0 Å². The molecule has 0 fully saturated rings. The first kappa shape index (κ1) is 8.99. The monoisotopic (exact) mass is 140 g/mol. The van der Waals surface area contributed by atoms with Crippen molar-refractivity contribution in [1.82, 2.24) is 5.32 Å². The molecule has 0 saturated heterocycles. The zero-order chi connectivity index (χ0) is 7.82. The smallest absolute Gasteiger partial charge is 0.232 e. The Morgan fingerprint density at radius 1 is 1.70 bits per heavy atom. The van der Waals surface area contributed by atoms with Crippen molar-refractivity contribution in [3.8, 4) is 12.3 Å². The molecule has 0 aliphatic heterocycles. The van der Waals surface area contributed by atoms with E-state index in [0.29, 0.717) is 13.1 Å². The molecule has 10 heavy (non-hydrogen) atoms. The summed E-state index contributed by atoms with van der Waals surface area (Å²) in [6, 6.07) is 0. The average Bonchev–Trinajstić information content (AvgIpc) is 1.89. The van der Waals surface area contributed by atoms with E-state index in [1.807, 2.05) is 0 Å². The number of rotatable bonds is 4. The fraction of sp³-hybridized carbons (Fsp3) is 0.571. The van der Waals surface area contributed by atoms with E-state index in [2.05, 4.69) is 11.2 Å². The Morgan fingerprint density at radius 2 is 2.40 bits per heavy atom. The van der Waals surface area contributed by atoms with Crippen LogP contribution in [0.15, 0.2) is 0 Å². The molecule has 3 N–H and O–H groups in total. The van der Waals surface area contributed by atoms with Gasteiger partial charge in [0.15, 0.2) is 0 Å². The first-order valence-corrected chi connectivity index (χ1v) is 3.21. The predicted molar refractivity (Wildman–Crippen MR) is 40.1 cm³/mol. The highest BCUT2D eigenvalue weighted by Gasteiger charge is 1.94. The second-order valence-electron chi connectivity index (χ2n) is 1.87. The second kappa shape index (κ2) is 6.12. The van der Waals surface area contributed by atoms with Gasteiger partial charge in [0.2, 0.25) is 5.91 Å². The fourth-order valence-corrected chi connectivity index (χ4v) is 0.485. The minimum Gasteiger partial charge on any atom is -0.355 e. The van der Waals surface area contributed by atoms with E-state index in [0.717, 1.165) is 6.42 Å². The van der Waals surface area contributed by atoms with Crippen molar-refractivity contribution in [3.05, 3.63) is 0 Å². The number of carbonyl (C=O) groups excluding carboxylic acids is 1. The molecule has 0 heterocycles. The van der Waals surface area contributed by atoms with Gasteiger partial charge in [0.25, 0.3) is 0 Å². The van der Waals surface area contributed by atoms with Gasteiger partial charge in [-0.15, -0.1) is 6.42 Å². The molecule has 56 valence electrons. The molecule has 0 rings (SSSR count). The topological polar surface area (TPSA) is 55.1 Å². The zero-order valence-corrected chi connectivity index (χ0v) is 5.89. The standard InChI is InChI=1S/C7H12N2O/c1-2-4-7(10)9-6-3-5-8/h1H,3-6,8H2,(H,9,10). The molecular formula is C7H12N2O. The third kappa shape index (κ3) is 5.13. The van der Waals surface area contributed by atoms with Gasteiger partial charge in [0.1, 0.15) is 0 Å². The van der Waals surface area contributed by atoms with E-state index < -0.39 is 0 Å².